The molecule has 0 amide bonds. The quantitative estimate of drug-likeness (QED) is 0.730. The summed E-state index contributed by atoms with van der Waals surface area (Å²) in [6.45, 7) is 2.03. The van der Waals surface area contributed by atoms with Gasteiger partial charge in [-0.15, -0.1) is 0 Å². The molecule has 4 atom stereocenters. The molecule has 0 aliphatic carbocycles. The van der Waals surface area contributed by atoms with E-state index in [1.54, 1.807) is 0 Å². The first-order chi connectivity index (χ1) is 13.5. The molecule has 0 aromatic heterocycles. The summed E-state index contributed by atoms with van der Waals surface area (Å²) >= 11 is 6.53. The Labute approximate surface area is 169 Å². The Hall–Kier alpha value is -1.47. The van der Waals surface area contributed by atoms with Crippen molar-refractivity contribution in [2.24, 2.45) is 0 Å². The zero-order valence-corrected chi connectivity index (χ0v) is 16.5. The van der Waals surface area contributed by atoms with Crippen LogP contribution in [0.2, 0.25) is 5.02 Å². The van der Waals surface area contributed by atoms with Crippen LogP contribution in [-0.2, 0) is 34.7 Å². The van der Waals surface area contributed by atoms with Crippen molar-refractivity contribution >= 4 is 11.6 Å². The minimum absolute atomic E-state index is 0.101. The van der Waals surface area contributed by atoms with E-state index in [1.165, 1.54) is 5.56 Å². The third-order valence-electron chi connectivity index (χ3n) is 5.74. The normalized spacial score (nSPS) is 29.2. The number of halogens is 1. The van der Waals surface area contributed by atoms with Gasteiger partial charge >= 0.3 is 0 Å². The van der Waals surface area contributed by atoms with E-state index < -0.39 is 30.7 Å². The fourth-order valence-electron chi connectivity index (χ4n) is 4.07. The van der Waals surface area contributed by atoms with Gasteiger partial charge in [-0.2, -0.15) is 0 Å². The van der Waals surface area contributed by atoms with Crippen LogP contribution in [0.1, 0.15) is 41.2 Å². The second kappa shape index (κ2) is 7.75. The summed E-state index contributed by atoms with van der Waals surface area (Å²) in [5, 5.41) is 30.5. The summed E-state index contributed by atoms with van der Waals surface area (Å²) in [5.74, 6) is -1.17. The van der Waals surface area contributed by atoms with Gasteiger partial charge in [0.15, 0.2) is 5.79 Å². The molecule has 2 aromatic carbocycles. The van der Waals surface area contributed by atoms with E-state index >= 15 is 0 Å². The molecule has 1 spiro atoms. The Morgan fingerprint density at radius 3 is 2.54 bits per heavy atom. The molecule has 2 aliphatic heterocycles. The van der Waals surface area contributed by atoms with Crippen molar-refractivity contribution in [2.75, 3.05) is 6.61 Å². The summed E-state index contributed by atoms with van der Waals surface area (Å²) in [6, 6.07) is 12.3. The number of benzene rings is 2. The molecule has 0 radical (unpaired) electrons. The molecule has 0 unspecified atom stereocenters. The zero-order valence-electron chi connectivity index (χ0n) is 15.8. The maximum atomic E-state index is 10.3. The number of aliphatic hydroxyl groups excluding tert-OH is 3. The zero-order chi connectivity index (χ0) is 19.9. The largest absolute Gasteiger partial charge is 0.394 e. The van der Waals surface area contributed by atoms with Crippen LogP contribution in [0.25, 0.3) is 0 Å². The molecular weight excluding hydrogens is 380 g/mol. The van der Waals surface area contributed by atoms with Gasteiger partial charge in [0.2, 0.25) is 0 Å². The lowest BCUT2D eigenvalue weighted by atomic mass is 9.88. The standard InChI is InChI=1S/C22H25ClO5/c1-2-13-3-5-14(6-4-13)7-15-8-17-16(9-18(15)23)12-27-22(17)10-19(25)21(26)20(11-24)28-22/h3-6,8-9,19-21,24-26H,2,7,10-12H2,1H3/t19-,20-,21+,22-/m1/s1. The van der Waals surface area contributed by atoms with Crippen molar-refractivity contribution in [1.82, 2.24) is 0 Å². The minimum Gasteiger partial charge on any atom is -0.394 e. The van der Waals surface area contributed by atoms with E-state index in [0.29, 0.717) is 18.1 Å². The number of ether oxygens (including phenoxy) is 2. The molecule has 2 aliphatic rings. The fourth-order valence-corrected chi connectivity index (χ4v) is 4.32. The Balaban J connectivity index is 1.67. The number of rotatable bonds is 4. The highest BCUT2D eigenvalue weighted by Gasteiger charge is 2.51. The third kappa shape index (κ3) is 3.47. The van der Waals surface area contributed by atoms with Crippen molar-refractivity contribution in [1.29, 1.82) is 0 Å². The Morgan fingerprint density at radius 1 is 1.14 bits per heavy atom. The summed E-state index contributed by atoms with van der Waals surface area (Å²) < 4.78 is 11.9. The molecule has 150 valence electrons. The fraction of sp³-hybridized carbons (Fsp3) is 0.455. The number of hydrogen-bond donors (Lipinski definition) is 3. The lowest BCUT2D eigenvalue weighted by Gasteiger charge is -2.42. The van der Waals surface area contributed by atoms with Crippen LogP contribution in [-0.4, -0.2) is 40.2 Å². The number of fused-ring (bicyclic) bond motifs is 2. The van der Waals surface area contributed by atoms with E-state index in [-0.39, 0.29) is 6.42 Å². The summed E-state index contributed by atoms with van der Waals surface area (Å²) in [6.07, 6.45) is -1.33. The summed E-state index contributed by atoms with van der Waals surface area (Å²) in [4.78, 5) is 0. The molecular formula is C22H25ClO5. The monoisotopic (exact) mass is 404 g/mol. The Kier molecular flexibility index (Phi) is 5.49. The summed E-state index contributed by atoms with van der Waals surface area (Å²) in [7, 11) is 0. The average molecular weight is 405 g/mol. The van der Waals surface area contributed by atoms with E-state index in [1.807, 2.05) is 12.1 Å². The van der Waals surface area contributed by atoms with Gasteiger partial charge in [0.05, 0.1) is 19.3 Å². The van der Waals surface area contributed by atoms with Crippen LogP contribution in [0.3, 0.4) is 0 Å². The third-order valence-corrected chi connectivity index (χ3v) is 6.10. The molecule has 6 heteroatoms. The molecule has 1 fully saturated rings. The minimum atomic E-state index is -1.17. The molecule has 0 bridgehead atoms. The van der Waals surface area contributed by atoms with Crippen molar-refractivity contribution < 1.29 is 24.8 Å². The molecule has 3 N–H and O–H groups in total. The number of aryl methyl sites for hydroxylation is 1. The van der Waals surface area contributed by atoms with Crippen LogP contribution in [0, 0.1) is 0 Å². The van der Waals surface area contributed by atoms with Crippen molar-refractivity contribution in [3.05, 3.63) is 69.2 Å². The molecule has 0 saturated carbocycles. The lowest BCUT2D eigenvalue weighted by Crippen LogP contribution is -2.54. The van der Waals surface area contributed by atoms with Gasteiger partial charge < -0.3 is 24.8 Å². The van der Waals surface area contributed by atoms with Crippen LogP contribution in [0.4, 0.5) is 0 Å². The first-order valence-electron chi connectivity index (χ1n) is 9.64. The van der Waals surface area contributed by atoms with E-state index in [4.69, 9.17) is 21.1 Å². The van der Waals surface area contributed by atoms with Crippen molar-refractivity contribution in [2.45, 2.75) is 56.9 Å². The number of aliphatic hydroxyl groups is 3. The highest BCUT2D eigenvalue weighted by molar-refractivity contribution is 6.31. The van der Waals surface area contributed by atoms with Crippen LogP contribution < -0.4 is 0 Å². The van der Waals surface area contributed by atoms with E-state index in [9.17, 15) is 15.3 Å². The van der Waals surface area contributed by atoms with Gasteiger partial charge in [-0.3, -0.25) is 0 Å². The van der Waals surface area contributed by atoms with Gasteiger partial charge in [-0.25, -0.2) is 0 Å². The summed E-state index contributed by atoms with van der Waals surface area (Å²) in [5.41, 5.74) is 5.09. The molecule has 2 aromatic rings. The smallest absolute Gasteiger partial charge is 0.198 e. The van der Waals surface area contributed by atoms with Crippen molar-refractivity contribution in [3.63, 3.8) is 0 Å². The maximum Gasteiger partial charge on any atom is 0.198 e. The van der Waals surface area contributed by atoms with Crippen LogP contribution in [0.5, 0.6) is 0 Å². The van der Waals surface area contributed by atoms with Crippen LogP contribution in [0.15, 0.2) is 36.4 Å². The topological polar surface area (TPSA) is 79.2 Å². The van der Waals surface area contributed by atoms with Crippen LogP contribution >= 0.6 is 11.6 Å². The van der Waals surface area contributed by atoms with Gasteiger partial charge in [-0.05, 0) is 47.2 Å². The maximum absolute atomic E-state index is 10.3. The van der Waals surface area contributed by atoms with Gasteiger partial charge in [-0.1, -0.05) is 42.8 Å². The Bertz CT molecular complexity index is 853. The van der Waals surface area contributed by atoms with Gasteiger partial charge in [0.1, 0.15) is 12.2 Å². The Morgan fingerprint density at radius 2 is 1.86 bits per heavy atom. The SMILES string of the molecule is CCc1ccc(Cc2cc3c(cc2Cl)CO[C@@]32C[C@@H](O)[C@H](O)[C@@H](CO)O2)cc1. The molecule has 1 saturated heterocycles. The lowest BCUT2D eigenvalue weighted by molar-refractivity contribution is -0.326. The van der Waals surface area contributed by atoms with Crippen molar-refractivity contribution in [3.8, 4) is 0 Å². The number of hydrogen-bond acceptors (Lipinski definition) is 5. The molecule has 2 heterocycles. The molecule has 4 rings (SSSR count). The predicted molar refractivity (Wildman–Crippen MR) is 105 cm³/mol. The second-order valence-electron chi connectivity index (χ2n) is 7.59. The second-order valence-corrected chi connectivity index (χ2v) is 8.00. The highest BCUT2D eigenvalue weighted by Crippen LogP contribution is 2.47. The van der Waals surface area contributed by atoms with E-state index in [2.05, 4.69) is 31.2 Å². The van der Waals surface area contributed by atoms with Gasteiger partial charge in [0.25, 0.3) is 0 Å². The molecule has 28 heavy (non-hydrogen) atoms. The average Bonchev–Trinajstić information content (AvgIpc) is 3.02. The first kappa shape index (κ1) is 19.8. The predicted octanol–water partition coefficient (Wildman–Crippen LogP) is 2.68. The van der Waals surface area contributed by atoms with Gasteiger partial charge in [0, 0.05) is 17.0 Å². The molecule has 5 nitrogen and oxygen atoms in total. The van der Waals surface area contributed by atoms with E-state index in [0.717, 1.165) is 28.7 Å². The first-order valence-corrected chi connectivity index (χ1v) is 10.0. The highest BCUT2D eigenvalue weighted by atomic mass is 35.5.